The molecular formula is C14H25NO5. The fraction of sp³-hybridized carbons (Fsp3) is 0.929. The minimum absolute atomic E-state index is 0.208. The van der Waals surface area contributed by atoms with E-state index in [0.29, 0.717) is 19.5 Å². The SMILES string of the molecule is CC(C)(C)CC(=O)O[C@H]1[C@H](O)[C@H]2[C@@H](O)CCN2C[C@@H]1O. The second-order valence-corrected chi connectivity index (χ2v) is 7.09. The zero-order valence-corrected chi connectivity index (χ0v) is 12.3. The van der Waals surface area contributed by atoms with Crippen LogP contribution in [-0.4, -0.2) is 69.7 Å². The van der Waals surface area contributed by atoms with Crippen molar-refractivity contribution in [3.8, 4) is 0 Å². The van der Waals surface area contributed by atoms with Crippen LogP contribution in [0.1, 0.15) is 33.6 Å². The van der Waals surface area contributed by atoms with E-state index >= 15 is 0 Å². The predicted octanol–water partition coefficient (Wildman–Crippen LogP) is -0.495. The molecule has 116 valence electrons. The monoisotopic (exact) mass is 287 g/mol. The highest BCUT2D eigenvalue weighted by molar-refractivity contribution is 5.70. The number of carbonyl (C=O) groups is 1. The molecule has 0 aromatic heterocycles. The van der Waals surface area contributed by atoms with Crippen LogP contribution in [0.2, 0.25) is 0 Å². The molecule has 5 atom stereocenters. The quantitative estimate of drug-likeness (QED) is 0.594. The molecule has 2 fully saturated rings. The lowest BCUT2D eigenvalue weighted by Gasteiger charge is -2.42. The second-order valence-electron chi connectivity index (χ2n) is 7.09. The maximum Gasteiger partial charge on any atom is 0.306 e. The number of hydrogen-bond donors (Lipinski definition) is 3. The molecule has 0 bridgehead atoms. The van der Waals surface area contributed by atoms with E-state index in [1.807, 2.05) is 25.7 Å². The van der Waals surface area contributed by atoms with Gasteiger partial charge in [-0.25, -0.2) is 0 Å². The molecule has 0 radical (unpaired) electrons. The highest BCUT2D eigenvalue weighted by Crippen LogP contribution is 2.30. The summed E-state index contributed by atoms with van der Waals surface area (Å²) in [5.74, 6) is -0.429. The first-order chi connectivity index (χ1) is 9.19. The summed E-state index contributed by atoms with van der Waals surface area (Å²) in [6, 6.07) is -0.453. The summed E-state index contributed by atoms with van der Waals surface area (Å²) in [5, 5.41) is 30.2. The van der Waals surface area contributed by atoms with Gasteiger partial charge >= 0.3 is 5.97 Å². The standard InChI is InChI=1S/C14H25NO5/c1-14(2,3)6-10(18)20-13-9(17)7-15-5-4-8(16)11(15)12(13)19/h8-9,11-13,16-17,19H,4-7H2,1-3H3/t8-,9-,11+,12+,13+/m0/s1. The van der Waals surface area contributed by atoms with E-state index in [1.54, 1.807) is 0 Å². The summed E-state index contributed by atoms with van der Waals surface area (Å²) >= 11 is 0. The van der Waals surface area contributed by atoms with E-state index in [-0.39, 0.29) is 11.8 Å². The van der Waals surface area contributed by atoms with Crippen LogP contribution in [0.5, 0.6) is 0 Å². The molecule has 0 spiro atoms. The molecule has 6 heteroatoms. The van der Waals surface area contributed by atoms with Gasteiger partial charge in [0.05, 0.1) is 18.6 Å². The van der Waals surface area contributed by atoms with Crippen molar-refractivity contribution in [2.24, 2.45) is 5.41 Å². The predicted molar refractivity (Wildman–Crippen MR) is 72.0 cm³/mol. The molecule has 0 saturated carbocycles. The summed E-state index contributed by atoms with van der Waals surface area (Å²) in [4.78, 5) is 13.7. The zero-order chi connectivity index (χ0) is 15.1. The Balaban J connectivity index is 2.01. The number of carbonyl (C=O) groups excluding carboxylic acids is 1. The number of ether oxygens (including phenoxy) is 1. The summed E-state index contributed by atoms with van der Waals surface area (Å²) in [5.41, 5.74) is -0.208. The highest BCUT2D eigenvalue weighted by atomic mass is 16.6. The molecule has 2 saturated heterocycles. The largest absolute Gasteiger partial charge is 0.457 e. The average Bonchev–Trinajstić information content (AvgIpc) is 2.63. The summed E-state index contributed by atoms with van der Waals surface area (Å²) in [6.07, 6.45) is -2.78. The first-order valence-electron chi connectivity index (χ1n) is 7.17. The smallest absolute Gasteiger partial charge is 0.306 e. The fourth-order valence-electron chi connectivity index (χ4n) is 3.06. The van der Waals surface area contributed by atoms with Crippen molar-refractivity contribution >= 4 is 5.97 Å². The Morgan fingerprint density at radius 1 is 1.25 bits per heavy atom. The minimum atomic E-state index is -1.06. The summed E-state index contributed by atoms with van der Waals surface area (Å²) in [6.45, 7) is 6.72. The number of aliphatic hydroxyl groups is 3. The lowest BCUT2D eigenvalue weighted by molar-refractivity contribution is -0.185. The van der Waals surface area contributed by atoms with Crippen LogP contribution >= 0.6 is 0 Å². The molecule has 3 N–H and O–H groups in total. The Kier molecular flexibility index (Phi) is 4.39. The number of nitrogens with zero attached hydrogens (tertiary/aromatic N) is 1. The number of rotatable bonds is 2. The molecule has 0 aromatic rings. The van der Waals surface area contributed by atoms with Crippen LogP contribution in [0.25, 0.3) is 0 Å². The first kappa shape index (κ1) is 15.7. The molecule has 0 aromatic carbocycles. The first-order valence-corrected chi connectivity index (χ1v) is 7.17. The van der Waals surface area contributed by atoms with Crippen LogP contribution in [0.15, 0.2) is 0 Å². The number of aliphatic hydroxyl groups excluding tert-OH is 3. The summed E-state index contributed by atoms with van der Waals surface area (Å²) < 4.78 is 5.27. The third-order valence-corrected chi connectivity index (χ3v) is 3.96. The van der Waals surface area contributed by atoms with Crippen molar-refractivity contribution in [2.75, 3.05) is 13.1 Å². The van der Waals surface area contributed by atoms with Crippen molar-refractivity contribution < 1.29 is 24.9 Å². The topological polar surface area (TPSA) is 90.2 Å². The van der Waals surface area contributed by atoms with Gasteiger partial charge in [0.25, 0.3) is 0 Å². The number of esters is 1. The molecule has 0 aliphatic carbocycles. The molecule has 20 heavy (non-hydrogen) atoms. The van der Waals surface area contributed by atoms with Gasteiger partial charge in [-0.2, -0.15) is 0 Å². The molecule has 0 unspecified atom stereocenters. The van der Waals surface area contributed by atoms with Crippen molar-refractivity contribution in [3.05, 3.63) is 0 Å². The average molecular weight is 287 g/mol. The fourth-order valence-corrected chi connectivity index (χ4v) is 3.06. The summed E-state index contributed by atoms with van der Waals surface area (Å²) in [7, 11) is 0. The Bertz CT molecular complexity index is 367. The van der Waals surface area contributed by atoms with Crippen molar-refractivity contribution in [1.29, 1.82) is 0 Å². The van der Waals surface area contributed by atoms with Crippen molar-refractivity contribution in [1.82, 2.24) is 4.90 Å². The minimum Gasteiger partial charge on any atom is -0.457 e. The van der Waals surface area contributed by atoms with E-state index in [2.05, 4.69) is 0 Å². The molecule has 2 aliphatic rings. The molecular weight excluding hydrogens is 262 g/mol. The Morgan fingerprint density at radius 3 is 2.50 bits per heavy atom. The van der Waals surface area contributed by atoms with E-state index in [9.17, 15) is 20.1 Å². The lowest BCUT2D eigenvalue weighted by Crippen LogP contribution is -2.62. The maximum atomic E-state index is 11.9. The molecule has 2 aliphatic heterocycles. The van der Waals surface area contributed by atoms with Gasteiger partial charge in [-0.3, -0.25) is 9.69 Å². The normalized spacial score (nSPS) is 38.6. The molecule has 2 heterocycles. The number of hydrogen-bond acceptors (Lipinski definition) is 6. The van der Waals surface area contributed by atoms with Crippen molar-refractivity contribution in [3.63, 3.8) is 0 Å². The van der Waals surface area contributed by atoms with E-state index in [4.69, 9.17) is 4.74 Å². The zero-order valence-electron chi connectivity index (χ0n) is 12.3. The third-order valence-electron chi connectivity index (χ3n) is 3.96. The van der Waals surface area contributed by atoms with Crippen LogP contribution < -0.4 is 0 Å². The Labute approximate surface area is 119 Å². The highest BCUT2D eigenvalue weighted by Gasteiger charge is 2.49. The molecule has 6 nitrogen and oxygen atoms in total. The van der Waals surface area contributed by atoms with Gasteiger partial charge in [0, 0.05) is 13.1 Å². The van der Waals surface area contributed by atoms with Gasteiger partial charge in [-0.15, -0.1) is 0 Å². The van der Waals surface area contributed by atoms with Gasteiger partial charge in [-0.1, -0.05) is 20.8 Å². The maximum absolute atomic E-state index is 11.9. The van der Waals surface area contributed by atoms with Crippen LogP contribution in [-0.2, 0) is 9.53 Å². The van der Waals surface area contributed by atoms with E-state index in [1.165, 1.54) is 0 Å². The third kappa shape index (κ3) is 3.31. The van der Waals surface area contributed by atoms with Gasteiger partial charge in [-0.05, 0) is 11.8 Å². The lowest BCUT2D eigenvalue weighted by atomic mass is 9.91. The molecule has 0 amide bonds. The molecule has 2 rings (SSSR count). The van der Waals surface area contributed by atoms with Gasteiger partial charge in [0.1, 0.15) is 12.2 Å². The van der Waals surface area contributed by atoms with Crippen LogP contribution in [0, 0.1) is 5.41 Å². The van der Waals surface area contributed by atoms with Crippen LogP contribution in [0.4, 0.5) is 0 Å². The number of piperidine rings is 1. The van der Waals surface area contributed by atoms with Gasteiger partial charge < -0.3 is 20.1 Å². The van der Waals surface area contributed by atoms with E-state index in [0.717, 1.165) is 0 Å². The van der Waals surface area contributed by atoms with Gasteiger partial charge in [0.15, 0.2) is 6.10 Å². The van der Waals surface area contributed by atoms with Crippen LogP contribution in [0.3, 0.4) is 0 Å². The Hall–Kier alpha value is -0.690. The Morgan fingerprint density at radius 2 is 1.90 bits per heavy atom. The second kappa shape index (κ2) is 5.60. The van der Waals surface area contributed by atoms with Crippen molar-refractivity contribution in [2.45, 2.75) is 64.1 Å². The van der Waals surface area contributed by atoms with Gasteiger partial charge in [0.2, 0.25) is 0 Å². The van der Waals surface area contributed by atoms with E-state index < -0.39 is 36.4 Å². The number of fused-ring (bicyclic) bond motifs is 1.